The van der Waals surface area contributed by atoms with E-state index in [-0.39, 0.29) is 16.6 Å². The zero-order chi connectivity index (χ0) is 28.0. The SMILES string of the molecule is O=C(Nc1cccc(S(=O)(=O)C2CCCCCC2)c1)/C(=C\c1ccc(F)cc1)c1ccc(-c2ccccc2)cc1. The van der Waals surface area contributed by atoms with Crippen molar-refractivity contribution in [3.63, 3.8) is 0 Å². The van der Waals surface area contributed by atoms with Crippen molar-refractivity contribution >= 4 is 33.1 Å². The summed E-state index contributed by atoms with van der Waals surface area (Å²) in [5.74, 6) is -0.747. The molecule has 1 N–H and O–H groups in total. The number of anilines is 1. The summed E-state index contributed by atoms with van der Waals surface area (Å²) < 4.78 is 40.3. The molecule has 1 aliphatic carbocycles. The molecule has 4 aromatic carbocycles. The lowest BCUT2D eigenvalue weighted by Crippen LogP contribution is -2.21. The number of carbonyl (C=O) groups is 1. The standard InChI is InChI=1S/C34H32FNO3S/c35-29-21-15-25(16-22-29)23-33(28-19-17-27(18-20-28)26-9-4-3-5-10-26)34(37)36-30-11-8-14-32(24-30)40(38,39)31-12-6-1-2-7-13-31/h3-5,8-11,14-24,31H,1-2,6-7,12-13H2,(H,36,37)/b33-23-. The minimum Gasteiger partial charge on any atom is -0.322 e. The van der Waals surface area contributed by atoms with Crippen LogP contribution < -0.4 is 5.32 Å². The van der Waals surface area contributed by atoms with E-state index in [0.717, 1.165) is 36.8 Å². The van der Waals surface area contributed by atoms with Crippen molar-refractivity contribution < 1.29 is 17.6 Å². The number of halogens is 1. The Bertz CT molecular complexity index is 1590. The van der Waals surface area contributed by atoms with E-state index < -0.39 is 15.1 Å². The minimum atomic E-state index is -3.50. The third kappa shape index (κ3) is 6.57. The molecule has 204 valence electrons. The van der Waals surface area contributed by atoms with Crippen molar-refractivity contribution in [2.75, 3.05) is 5.32 Å². The summed E-state index contributed by atoms with van der Waals surface area (Å²) in [6.45, 7) is 0. The second-order valence-corrected chi connectivity index (χ2v) is 12.4. The van der Waals surface area contributed by atoms with Gasteiger partial charge < -0.3 is 5.32 Å². The minimum absolute atomic E-state index is 0.230. The van der Waals surface area contributed by atoms with Crippen molar-refractivity contribution in [3.05, 3.63) is 120 Å². The van der Waals surface area contributed by atoms with E-state index in [9.17, 15) is 17.6 Å². The van der Waals surface area contributed by atoms with Gasteiger partial charge in [0, 0.05) is 11.3 Å². The predicted molar refractivity (Wildman–Crippen MR) is 160 cm³/mol. The molecule has 0 aromatic heterocycles. The smallest absolute Gasteiger partial charge is 0.256 e. The Morgan fingerprint density at radius 3 is 2.08 bits per heavy atom. The number of nitrogens with one attached hydrogen (secondary N) is 1. The summed E-state index contributed by atoms with van der Waals surface area (Å²) >= 11 is 0. The van der Waals surface area contributed by atoms with E-state index in [1.54, 1.807) is 42.5 Å². The maximum atomic E-state index is 13.6. The first kappa shape index (κ1) is 27.5. The predicted octanol–water partition coefficient (Wildman–Crippen LogP) is 8.17. The molecule has 6 heteroatoms. The topological polar surface area (TPSA) is 63.2 Å². The van der Waals surface area contributed by atoms with Crippen LogP contribution >= 0.6 is 0 Å². The van der Waals surface area contributed by atoms with Gasteiger partial charge in [-0.2, -0.15) is 0 Å². The van der Waals surface area contributed by atoms with Crippen molar-refractivity contribution in [1.82, 2.24) is 0 Å². The molecule has 0 saturated heterocycles. The molecule has 0 aliphatic heterocycles. The number of hydrogen-bond acceptors (Lipinski definition) is 3. The normalized spacial score (nSPS) is 14.9. The van der Waals surface area contributed by atoms with Gasteiger partial charge in [-0.1, -0.05) is 98.5 Å². The Balaban J connectivity index is 1.44. The van der Waals surface area contributed by atoms with Crippen molar-refractivity contribution in [3.8, 4) is 11.1 Å². The summed E-state index contributed by atoms with van der Waals surface area (Å²) in [5, 5.41) is 2.51. The summed E-state index contributed by atoms with van der Waals surface area (Å²) in [5.41, 5.74) is 4.22. The van der Waals surface area contributed by atoms with E-state index in [4.69, 9.17) is 0 Å². The summed E-state index contributed by atoms with van der Waals surface area (Å²) in [4.78, 5) is 13.9. The molecule has 1 fully saturated rings. The van der Waals surface area contributed by atoms with Crippen LogP contribution in [0.4, 0.5) is 10.1 Å². The first-order chi connectivity index (χ1) is 19.4. The summed E-state index contributed by atoms with van der Waals surface area (Å²) in [7, 11) is -3.50. The molecule has 0 bridgehead atoms. The van der Waals surface area contributed by atoms with Gasteiger partial charge in [-0.3, -0.25) is 4.79 Å². The number of amides is 1. The second-order valence-electron chi connectivity index (χ2n) is 10.2. The van der Waals surface area contributed by atoms with Gasteiger partial charge in [0.25, 0.3) is 5.91 Å². The van der Waals surface area contributed by atoms with Gasteiger partial charge in [-0.05, 0) is 71.5 Å². The van der Waals surface area contributed by atoms with Crippen LogP contribution in [0.15, 0.2) is 108 Å². The average Bonchev–Trinajstić information content (AvgIpc) is 3.28. The second kappa shape index (κ2) is 12.4. The molecule has 1 amide bonds. The van der Waals surface area contributed by atoms with Gasteiger partial charge in [-0.25, -0.2) is 12.8 Å². The molecule has 0 unspecified atom stereocenters. The Morgan fingerprint density at radius 2 is 1.40 bits per heavy atom. The zero-order valence-electron chi connectivity index (χ0n) is 22.2. The molecule has 40 heavy (non-hydrogen) atoms. The fourth-order valence-electron chi connectivity index (χ4n) is 5.17. The van der Waals surface area contributed by atoms with E-state index in [0.29, 0.717) is 35.2 Å². The fourth-order valence-corrected chi connectivity index (χ4v) is 7.07. The first-order valence-corrected chi connectivity index (χ1v) is 15.2. The maximum absolute atomic E-state index is 13.6. The van der Waals surface area contributed by atoms with Crippen LogP contribution in [0.25, 0.3) is 22.8 Å². The average molecular weight is 554 g/mol. The quantitative estimate of drug-likeness (QED) is 0.143. The van der Waals surface area contributed by atoms with Crippen LogP contribution in [0, 0.1) is 5.82 Å². The molecule has 1 saturated carbocycles. The zero-order valence-corrected chi connectivity index (χ0v) is 23.0. The third-order valence-electron chi connectivity index (χ3n) is 7.39. The van der Waals surface area contributed by atoms with E-state index in [1.807, 2.05) is 54.6 Å². The molecule has 1 aliphatic rings. The van der Waals surface area contributed by atoms with Crippen LogP contribution in [-0.4, -0.2) is 19.6 Å². The van der Waals surface area contributed by atoms with Crippen LogP contribution in [0.3, 0.4) is 0 Å². The van der Waals surface area contributed by atoms with Gasteiger partial charge in [0.05, 0.1) is 10.1 Å². The monoisotopic (exact) mass is 553 g/mol. The van der Waals surface area contributed by atoms with Crippen molar-refractivity contribution in [1.29, 1.82) is 0 Å². The lowest BCUT2D eigenvalue weighted by atomic mass is 9.98. The molecule has 0 atom stereocenters. The Labute approximate surface area is 235 Å². The fraction of sp³-hybridized carbons (Fsp3) is 0.206. The number of hydrogen-bond donors (Lipinski definition) is 1. The Hall–Kier alpha value is -4.03. The van der Waals surface area contributed by atoms with Crippen LogP contribution in [0.5, 0.6) is 0 Å². The molecule has 4 aromatic rings. The van der Waals surface area contributed by atoms with Crippen molar-refractivity contribution in [2.45, 2.75) is 48.7 Å². The van der Waals surface area contributed by atoms with Crippen LogP contribution in [0.2, 0.25) is 0 Å². The highest BCUT2D eigenvalue weighted by Crippen LogP contribution is 2.30. The Morgan fingerprint density at radius 1 is 0.750 bits per heavy atom. The number of sulfone groups is 1. The molecule has 4 nitrogen and oxygen atoms in total. The molecule has 0 heterocycles. The largest absolute Gasteiger partial charge is 0.322 e. The van der Waals surface area contributed by atoms with E-state index >= 15 is 0 Å². The van der Waals surface area contributed by atoms with Gasteiger partial charge in [0.1, 0.15) is 5.82 Å². The highest BCUT2D eigenvalue weighted by Gasteiger charge is 2.28. The van der Waals surface area contributed by atoms with Crippen LogP contribution in [-0.2, 0) is 14.6 Å². The highest BCUT2D eigenvalue weighted by atomic mass is 32.2. The maximum Gasteiger partial charge on any atom is 0.256 e. The summed E-state index contributed by atoms with van der Waals surface area (Å²) in [6.07, 6.45) is 7.01. The number of benzene rings is 4. The van der Waals surface area contributed by atoms with Gasteiger partial charge in [0.15, 0.2) is 9.84 Å². The summed E-state index contributed by atoms with van der Waals surface area (Å²) in [6, 6.07) is 30.0. The first-order valence-electron chi connectivity index (χ1n) is 13.7. The van der Waals surface area contributed by atoms with Gasteiger partial charge in [0.2, 0.25) is 0 Å². The lowest BCUT2D eigenvalue weighted by molar-refractivity contribution is -0.111. The Kier molecular flexibility index (Phi) is 8.56. The van der Waals surface area contributed by atoms with E-state index in [2.05, 4.69) is 5.32 Å². The molecule has 0 spiro atoms. The number of rotatable bonds is 7. The molecular formula is C34H32FNO3S. The van der Waals surface area contributed by atoms with Crippen LogP contribution in [0.1, 0.15) is 49.7 Å². The molecule has 0 radical (unpaired) electrons. The van der Waals surface area contributed by atoms with Gasteiger partial charge in [-0.15, -0.1) is 0 Å². The molecular weight excluding hydrogens is 521 g/mol. The van der Waals surface area contributed by atoms with Crippen molar-refractivity contribution in [2.24, 2.45) is 0 Å². The lowest BCUT2D eigenvalue weighted by Gasteiger charge is -2.16. The van der Waals surface area contributed by atoms with Gasteiger partial charge >= 0.3 is 0 Å². The number of carbonyl (C=O) groups excluding carboxylic acids is 1. The molecule has 5 rings (SSSR count). The highest BCUT2D eigenvalue weighted by molar-refractivity contribution is 7.92. The third-order valence-corrected chi connectivity index (χ3v) is 9.65. The van der Waals surface area contributed by atoms with E-state index in [1.165, 1.54) is 12.1 Å².